The molecule has 2 saturated carbocycles. The third kappa shape index (κ3) is 3.66. The quantitative estimate of drug-likeness (QED) is 0.757. The Morgan fingerprint density at radius 3 is 2.78 bits per heavy atom. The summed E-state index contributed by atoms with van der Waals surface area (Å²) in [7, 11) is 3.83. The van der Waals surface area contributed by atoms with E-state index in [4.69, 9.17) is 4.74 Å². The maximum absolute atomic E-state index is 5.91. The van der Waals surface area contributed by atoms with Gasteiger partial charge in [0.25, 0.3) is 0 Å². The number of likely N-dealkylation sites (tertiary alicyclic amines) is 1. The molecule has 2 heterocycles. The van der Waals surface area contributed by atoms with Crippen LogP contribution in [-0.4, -0.2) is 56.7 Å². The average Bonchev–Trinajstić information content (AvgIpc) is 2.85. The molecule has 5 unspecified atom stereocenters. The molecule has 27 heavy (non-hydrogen) atoms. The zero-order valence-corrected chi connectivity index (χ0v) is 17.5. The lowest BCUT2D eigenvalue weighted by atomic mass is 9.60. The van der Waals surface area contributed by atoms with Gasteiger partial charge in [0.15, 0.2) is 0 Å². The molecule has 2 aliphatic heterocycles. The van der Waals surface area contributed by atoms with Crippen LogP contribution < -0.4 is 5.32 Å². The summed E-state index contributed by atoms with van der Waals surface area (Å²) >= 11 is 0. The van der Waals surface area contributed by atoms with Gasteiger partial charge < -0.3 is 10.1 Å². The number of rotatable bonds is 2. The Hall–Kier alpha value is -1.05. The lowest BCUT2D eigenvalue weighted by Gasteiger charge is -2.43. The summed E-state index contributed by atoms with van der Waals surface area (Å²) in [4.78, 5) is 7.17. The number of hydrogen-bond donors (Lipinski definition) is 1. The number of ether oxygens (including phenoxy) is 1. The SMILES string of the molecule is CN=C1NC2CC(C#CCN3CCCC(C)C3)C(OC)CCC2C12CCC2. The van der Waals surface area contributed by atoms with E-state index in [2.05, 4.69) is 34.0 Å². The molecule has 4 fully saturated rings. The standard InChI is InChI=1S/C23H37N3O/c1-17-7-4-13-26(16-17)14-5-8-18-15-20-19(9-10-21(18)27-3)23(11-6-12-23)22(24-2)25-20/h17-21H,4,6-7,9-16H2,1-3H3,(H,24,25). The van der Waals surface area contributed by atoms with E-state index in [1.54, 1.807) is 0 Å². The van der Waals surface area contributed by atoms with Crippen molar-refractivity contribution in [3.8, 4) is 11.8 Å². The first-order valence-electron chi connectivity index (χ1n) is 11.1. The summed E-state index contributed by atoms with van der Waals surface area (Å²) in [6.07, 6.45) is 10.4. The molecular weight excluding hydrogens is 334 g/mol. The molecule has 4 heteroatoms. The third-order valence-corrected chi connectivity index (χ3v) is 7.81. The van der Waals surface area contributed by atoms with E-state index >= 15 is 0 Å². The number of methoxy groups -OCH3 is 1. The zero-order valence-electron chi connectivity index (χ0n) is 17.5. The summed E-state index contributed by atoms with van der Waals surface area (Å²) in [6.45, 7) is 5.70. The molecule has 2 aliphatic carbocycles. The van der Waals surface area contributed by atoms with Gasteiger partial charge in [-0.3, -0.25) is 9.89 Å². The fourth-order valence-electron chi connectivity index (χ4n) is 6.26. The van der Waals surface area contributed by atoms with E-state index in [9.17, 15) is 0 Å². The second kappa shape index (κ2) is 8.13. The number of amidine groups is 1. The molecule has 0 aromatic carbocycles. The van der Waals surface area contributed by atoms with Gasteiger partial charge in [-0.05, 0) is 63.3 Å². The first kappa shape index (κ1) is 19.3. The molecule has 0 amide bonds. The lowest BCUT2D eigenvalue weighted by molar-refractivity contribution is 0.0623. The zero-order chi connectivity index (χ0) is 18.9. The van der Waals surface area contributed by atoms with Crippen molar-refractivity contribution >= 4 is 5.84 Å². The van der Waals surface area contributed by atoms with Crippen molar-refractivity contribution in [3.63, 3.8) is 0 Å². The fourth-order valence-corrected chi connectivity index (χ4v) is 6.26. The highest BCUT2D eigenvalue weighted by Gasteiger charge is 2.57. The van der Waals surface area contributed by atoms with Crippen molar-refractivity contribution in [1.82, 2.24) is 10.2 Å². The van der Waals surface area contributed by atoms with Crippen LogP contribution in [0.4, 0.5) is 0 Å². The van der Waals surface area contributed by atoms with Crippen LogP contribution in [0.3, 0.4) is 0 Å². The Kier molecular flexibility index (Phi) is 5.81. The average molecular weight is 372 g/mol. The first-order valence-corrected chi connectivity index (χ1v) is 11.1. The number of piperidine rings is 1. The topological polar surface area (TPSA) is 36.9 Å². The van der Waals surface area contributed by atoms with Gasteiger partial charge >= 0.3 is 0 Å². The number of fused-ring (bicyclic) bond motifs is 2. The van der Waals surface area contributed by atoms with Gasteiger partial charge in [0, 0.05) is 38.1 Å². The van der Waals surface area contributed by atoms with E-state index in [0.29, 0.717) is 17.4 Å². The fraction of sp³-hybridized carbons (Fsp3) is 0.870. The van der Waals surface area contributed by atoms with Crippen molar-refractivity contribution < 1.29 is 4.74 Å². The predicted octanol–water partition coefficient (Wildman–Crippen LogP) is 3.32. The molecule has 4 aliphatic rings. The maximum Gasteiger partial charge on any atom is 0.103 e. The van der Waals surface area contributed by atoms with Crippen molar-refractivity contribution in [2.45, 2.75) is 70.4 Å². The number of nitrogens with zero attached hydrogens (tertiary/aromatic N) is 2. The molecule has 0 aromatic rings. The minimum atomic E-state index is 0.282. The van der Waals surface area contributed by atoms with E-state index in [1.807, 2.05) is 14.2 Å². The molecule has 0 aromatic heterocycles. The molecule has 1 N–H and O–H groups in total. The maximum atomic E-state index is 5.91. The van der Waals surface area contributed by atoms with Crippen LogP contribution >= 0.6 is 0 Å². The molecule has 5 atom stereocenters. The van der Waals surface area contributed by atoms with Gasteiger partial charge in [0.1, 0.15) is 5.84 Å². The van der Waals surface area contributed by atoms with Gasteiger partial charge in [-0.15, -0.1) is 0 Å². The predicted molar refractivity (Wildman–Crippen MR) is 111 cm³/mol. The van der Waals surface area contributed by atoms with E-state index < -0.39 is 0 Å². The van der Waals surface area contributed by atoms with E-state index in [-0.39, 0.29) is 6.10 Å². The molecule has 0 radical (unpaired) electrons. The number of hydrogen-bond acceptors (Lipinski definition) is 3. The van der Waals surface area contributed by atoms with E-state index in [0.717, 1.165) is 31.2 Å². The van der Waals surface area contributed by atoms with Gasteiger partial charge in [-0.2, -0.15) is 0 Å². The number of nitrogens with one attached hydrogen (secondary N) is 1. The summed E-state index contributed by atoms with van der Waals surface area (Å²) < 4.78 is 5.91. The minimum absolute atomic E-state index is 0.282. The van der Waals surface area contributed by atoms with Crippen LogP contribution in [0.1, 0.15) is 58.3 Å². The van der Waals surface area contributed by atoms with Crippen molar-refractivity contribution in [2.24, 2.45) is 28.2 Å². The highest BCUT2D eigenvalue weighted by atomic mass is 16.5. The summed E-state index contributed by atoms with van der Waals surface area (Å²) in [5, 5.41) is 3.81. The number of aliphatic imine (C=N–C) groups is 1. The van der Waals surface area contributed by atoms with Gasteiger partial charge in [0.05, 0.1) is 12.6 Å². The molecule has 2 saturated heterocycles. The Labute approximate surface area is 165 Å². The second-order valence-corrected chi connectivity index (χ2v) is 9.44. The van der Waals surface area contributed by atoms with Crippen molar-refractivity contribution in [1.29, 1.82) is 0 Å². The second-order valence-electron chi connectivity index (χ2n) is 9.44. The van der Waals surface area contributed by atoms with Crippen LogP contribution in [0, 0.1) is 35.0 Å². The molecule has 4 rings (SSSR count). The van der Waals surface area contributed by atoms with E-state index in [1.165, 1.54) is 57.5 Å². The van der Waals surface area contributed by atoms with Gasteiger partial charge in [-0.25, -0.2) is 0 Å². The summed E-state index contributed by atoms with van der Waals surface area (Å²) in [6, 6.07) is 0.526. The Balaban J connectivity index is 1.44. The molecule has 150 valence electrons. The summed E-state index contributed by atoms with van der Waals surface area (Å²) in [5.74, 6) is 10.3. The van der Waals surface area contributed by atoms with Gasteiger partial charge in [-0.1, -0.05) is 25.2 Å². The Morgan fingerprint density at radius 2 is 2.11 bits per heavy atom. The van der Waals surface area contributed by atoms with Crippen LogP contribution in [0.25, 0.3) is 0 Å². The third-order valence-electron chi connectivity index (χ3n) is 7.81. The molecular formula is C23H37N3O. The Morgan fingerprint density at radius 1 is 1.26 bits per heavy atom. The van der Waals surface area contributed by atoms with Crippen LogP contribution in [-0.2, 0) is 4.74 Å². The largest absolute Gasteiger partial charge is 0.380 e. The normalized spacial score (nSPS) is 39.8. The Bertz CT molecular complexity index is 615. The van der Waals surface area contributed by atoms with Crippen molar-refractivity contribution in [2.75, 3.05) is 33.8 Å². The van der Waals surface area contributed by atoms with Crippen molar-refractivity contribution in [3.05, 3.63) is 0 Å². The lowest BCUT2D eigenvalue weighted by Crippen LogP contribution is -2.41. The summed E-state index contributed by atoms with van der Waals surface area (Å²) in [5.41, 5.74) is 0.351. The molecule has 4 nitrogen and oxygen atoms in total. The van der Waals surface area contributed by atoms with Crippen LogP contribution in [0.2, 0.25) is 0 Å². The highest BCUT2D eigenvalue weighted by molar-refractivity contribution is 5.91. The van der Waals surface area contributed by atoms with Gasteiger partial charge in [0.2, 0.25) is 0 Å². The first-order chi connectivity index (χ1) is 13.2. The molecule has 0 bridgehead atoms. The monoisotopic (exact) mass is 371 g/mol. The minimum Gasteiger partial charge on any atom is -0.380 e. The molecule has 1 spiro atoms. The smallest absolute Gasteiger partial charge is 0.103 e. The highest BCUT2D eigenvalue weighted by Crippen LogP contribution is 2.56. The van der Waals surface area contributed by atoms with Crippen LogP contribution in [0.5, 0.6) is 0 Å². The van der Waals surface area contributed by atoms with Crippen LogP contribution in [0.15, 0.2) is 4.99 Å².